The summed E-state index contributed by atoms with van der Waals surface area (Å²) in [4.78, 5) is 43.9. The van der Waals surface area contributed by atoms with Crippen LogP contribution in [0.25, 0.3) is 21.3 Å². The fraction of sp³-hybridized carbons (Fsp3) is 0.200. The van der Waals surface area contributed by atoms with Crippen molar-refractivity contribution in [2.45, 2.75) is 26.8 Å². The predicted molar refractivity (Wildman–Crippen MR) is 137 cm³/mol. The largest absolute Gasteiger partial charge is 0.462 e. The van der Waals surface area contributed by atoms with Gasteiger partial charge in [-0.05, 0) is 55.3 Å². The van der Waals surface area contributed by atoms with E-state index in [4.69, 9.17) is 4.74 Å². The monoisotopic (exact) mass is 539 g/mol. The zero-order valence-corrected chi connectivity index (χ0v) is 21.0. The number of hydrogen-bond acceptors (Lipinski definition) is 6. The third-order valence-electron chi connectivity index (χ3n) is 5.14. The topological polar surface area (TPSA) is 90.3 Å². The Labute approximate surface area is 208 Å². The van der Waals surface area contributed by atoms with Crippen LogP contribution in [0.1, 0.15) is 28.6 Å². The van der Waals surface area contributed by atoms with Gasteiger partial charge in [0, 0.05) is 20.6 Å². The lowest BCUT2D eigenvalue weighted by atomic mass is 10.0. The van der Waals surface area contributed by atoms with Crippen LogP contribution >= 0.6 is 27.3 Å². The second-order valence-corrected chi connectivity index (χ2v) is 9.78. The average Bonchev–Trinajstić information content (AvgIpc) is 3.17. The first-order valence-electron chi connectivity index (χ1n) is 10.7. The van der Waals surface area contributed by atoms with E-state index >= 15 is 0 Å². The molecule has 2 aromatic heterocycles. The second kappa shape index (κ2) is 10.3. The summed E-state index contributed by atoms with van der Waals surface area (Å²) in [5, 5.41) is 3.26. The molecule has 4 aromatic rings. The van der Waals surface area contributed by atoms with E-state index in [9.17, 15) is 14.4 Å². The summed E-state index contributed by atoms with van der Waals surface area (Å²) in [6.45, 7) is 4.06. The third-order valence-corrected chi connectivity index (χ3v) is 6.69. The molecular formula is C25H22BrN3O4S. The molecule has 0 unspecified atom stereocenters. The number of benzene rings is 2. The quantitative estimate of drug-likeness (QED) is 0.317. The van der Waals surface area contributed by atoms with Crippen molar-refractivity contribution in [2.75, 3.05) is 11.9 Å². The summed E-state index contributed by atoms with van der Waals surface area (Å²) in [5.74, 6) is -0.778. The summed E-state index contributed by atoms with van der Waals surface area (Å²) in [6.07, 6.45) is 2.15. The van der Waals surface area contributed by atoms with Crippen LogP contribution in [0, 0.1) is 6.92 Å². The number of amides is 1. The first-order chi connectivity index (χ1) is 16.4. The molecule has 0 aliphatic carbocycles. The highest BCUT2D eigenvalue weighted by Crippen LogP contribution is 2.35. The van der Waals surface area contributed by atoms with Gasteiger partial charge in [-0.25, -0.2) is 9.78 Å². The summed E-state index contributed by atoms with van der Waals surface area (Å²) >= 11 is 4.89. The number of anilines is 1. The predicted octanol–water partition coefficient (Wildman–Crippen LogP) is 5.40. The number of aromatic nitrogens is 2. The summed E-state index contributed by atoms with van der Waals surface area (Å²) < 4.78 is 7.36. The van der Waals surface area contributed by atoms with Crippen LogP contribution in [-0.2, 0) is 16.1 Å². The van der Waals surface area contributed by atoms with Gasteiger partial charge in [-0.1, -0.05) is 35.0 Å². The summed E-state index contributed by atoms with van der Waals surface area (Å²) in [7, 11) is 0. The lowest BCUT2D eigenvalue weighted by Crippen LogP contribution is -2.27. The van der Waals surface area contributed by atoms with Crippen LogP contribution in [0.5, 0.6) is 0 Å². The molecule has 1 amide bonds. The van der Waals surface area contributed by atoms with Crippen molar-refractivity contribution in [1.82, 2.24) is 9.55 Å². The van der Waals surface area contributed by atoms with Gasteiger partial charge in [-0.15, -0.1) is 11.3 Å². The maximum atomic E-state index is 13.3. The second-order valence-electron chi connectivity index (χ2n) is 7.66. The molecule has 9 heteroatoms. The highest BCUT2D eigenvalue weighted by Gasteiger charge is 2.18. The number of thiophene rings is 1. The number of hydrogen-bond donors (Lipinski definition) is 1. The normalized spacial score (nSPS) is 10.9. The first-order valence-corrected chi connectivity index (χ1v) is 12.3. The number of nitrogens with one attached hydrogen (secondary N) is 1. The average molecular weight is 540 g/mol. The Balaban J connectivity index is 1.54. The molecule has 0 saturated carbocycles. The number of aryl methyl sites for hydroxylation is 1. The third kappa shape index (κ3) is 5.10. The lowest BCUT2D eigenvalue weighted by molar-refractivity contribution is -0.116. The van der Waals surface area contributed by atoms with Gasteiger partial charge in [0.2, 0.25) is 5.91 Å². The first kappa shape index (κ1) is 23.8. The minimum atomic E-state index is -0.404. The van der Waals surface area contributed by atoms with Gasteiger partial charge in [-0.2, -0.15) is 0 Å². The van der Waals surface area contributed by atoms with Crippen LogP contribution in [-0.4, -0.2) is 28.0 Å². The minimum absolute atomic E-state index is 0.184. The van der Waals surface area contributed by atoms with Gasteiger partial charge in [0.15, 0.2) is 0 Å². The summed E-state index contributed by atoms with van der Waals surface area (Å²) in [5.41, 5.74) is 2.42. The summed E-state index contributed by atoms with van der Waals surface area (Å²) in [6, 6.07) is 14.2. The molecule has 4 rings (SSSR count). The van der Waals surface area contributed by atoms with Crippen molar-refractivity contribution < 1.29 is 14.3 Å². The highest BCUT2D eigenvalue weighted by molar-refractivity contribution is 9.10. The van der Waals surface area contributed by atoms with E-state index in [1.807, 2.05) is 38.1 Å². The molecule has 34 heavy (non-hydrogen) atoms. The van der Waals surface area contributed by atoms with E-state index in [1.54, 1.807) is 24.3 Å². The standard InChI is InChI=1S/C25H22BrN3O4S/c1-3-12-33-25(32)17-6-10-19(11-7-17)28-20(30)13-29-14-27-23-22(24(29)31)21(15(2)34-23)16-4-8-18(26)9-5-16/h4-11,14H,3,12-13H2,1-2H3,(H,28,30). The van der Waals surface area contributed by atoms with Crippen molar-refractivity contribution in [3.05, 3.63) is 80.1 Å². The Morgan fingerprint density at radius 3 is 2.50 bits per heavy atom. The van der Waals surface area contributed by atoms with E-state index in [0.29, 0.717) is 28.1 Å². The fourth-order valence-electron chi connectivity index (χ4n) is 3.54. The molecule has 0 fully saturated rings. The maximum absolute atomic E-state index is 13.3. The van der Waals surface area contributed by atoms with Gasteiger partial charge in [0.25, 0.3) is 5.56 Å². The van der Waals surface area contributed by atoms with Gasteiger partial charge >= 0.3 is 5.97 Å². The number of nitrogens with zero attached hydrogens (tertiary/aromatic N) is 2. The van der Waals surface area contributed by atoms with Crippen LogP contribution in [0.4, 0.5) is 5.69 Å². The fourth-order valence-corrected chi connectivity index (χ4v) is 4.80. The molecule has 2 heterocycles. The Bertz CT molecular complexity index is 1410. The number of carbonyl (C=O) groups excluding carboxylic acids is 2. The maximum Gasteiger partial charge on any atom is 0.338 e. The Hall–Kier alpha value is -3.30. The molecule has 0 aliphatic rings. The van der Waals surface area contributed by atoms with Crippen molar-refractivity contribution in [1.29, 1.82) is 0 Å². The lowest BCUT2D eigenvalue weighted by Gasteiger charge is -2.09. The van der Waals surface area contributed by atoms with E-state index < -0.39 is 5.97 Å². The molecule has 0 bridgehead atoms. The zero-order chi connectivity index (χ0) is 24.2. The molecule has 0 saturated heterocycles. The van der Waals surface area contributed by atoms with E-state index in [2.05, 4.69) is 26.2 Å². The number of esters is 1. The number of halogens is 1. The van der Waals surface area contributed by atoms with Crippen LogP contribution in [0.15, 0.2) is 64.1 Å². The van der Waals surface area contributed by atoms with Crippen molar-refractivity contribution in [2.24, 2.45) is 0 Å². The Kier molecular flexibility index (Phi) is 7.23. The van der Waals surface area contributed by atoms with Gasteiger partial charge in [0.1, 0.15) is 11.4 Å². The number of fused-ring (bicyclic) bond motifs is 1. The molecule has 174 valence electrons. The van der Waals surface area contributed by atoms with Crippen molar-refractivity contribution in [3.8, 4) is 11.1 Å². The smallest absolute Gasteiger partial charge is 0.338 e. The van der Waals surface area contributed by atoms with Gasteiger partial charge in [0.05, 0.1) is 23.9 Å². The van der Waals surface area contributed by atoms with Crippen LogP contribution < -0.4 is 10.9 Å². The number of carbonyl (C=O) groups is 2. The van der Waals surface area contributed by atoms with Crippen molar-refractivity contribution >= 4 is 55.0 Å². The number of ether oxygens (including phenoxy) is 1. The molecule has 0 radical (unpaired) electrons. The van der Waals surface area contributed by atoms with Crippen LogP contribution in [0.2, 0.25) is 0 Å². The molecule has 1 N–H and O–H groups in total. The molecule has 2 aromatic carbocycles. The highest BCUT2D eigenvalue weighted by atomic mass is 79.9. The molecule has 0 aliphatic heterocycles. The van der Waals surface area contributed by atoms with E-state index in [1.165, 1.54) is 22.2 Å². The minimum Gasteiger partial charge on any atom is -0.462 e. The SMILES string of the molecule is CCCOC(=O)c1ccc(NC(=O)Cn2cnc3sc(C)c(-c4ccc(Br)cc4)c3c2=O)cc1. The van der Waals surface area contributed by atoms with E-state index in [0.717, 1.165) is 26.9 Å². The molecule has 0 atom stereocenters. The Morgan fingerprint density at radius 1 is 1.12 bits per heavy atom. The Morgan fingerprint density at radius 2 is 1.82 bits per heavy atom. The number of rotatable bonds is 7. The van der Waals surface area contributed by atoms with Gasteiger partial charge < -0.3 is 10.1 Å². The van der Waals surface area contributed by atoms with Crippen LogP contribution in [0.3, 0.4) is 0 Å². The zero-order valence-electron chi connectivity index (χ0n) is 18.6. The molecular weight excluding hydrogens is 518 g/mol. The van der Waals surface area contributed by atoms with E-state index in [-0.39, 0.29) is 18.0 Å². The molecule has 0 spiro atoms. The van der Waals surface area contributed by atoms with Gasteiger partial charge in [-0.3, -0.25) is 14.2 Å². The van der Waals surface area contributed by atoms with Crippen molar-refractivity contribution in [3.63, 3.8) is 0 Å². The molecule has 7 nitrogen and oxygen atoms in total.